The largest absolute Gasteiger partial charge is 0.409 e. The van der Waals surface area contributed by atoms with Crippen LogP contribution in [-0.4, -0.2) is 51.9 Å². The smallest absolute Gasteiger partial charge is 0.267 e. The molecule has 0 amide bonds. The van der Waals surface area contributed by atoms with Crippen molar-refractivity contribution in [3.8, 4) is 0 Å². The van der Waals surface area contributed by atoms with E-state index in [0.29, 0.717) is 27.7 Å². The summed E-state index contributed by atoms with van der Waals surface area (Å²) in [5, 5.41) is 0. The Bertz CT molecular complexity index is 586. The van der Waals surface area contributed by atoms with Gasteiger partial charge in [0, 0.05) is 0 Å². The van der Waals surface area contributed by atoms with E-state index in [2.05, 4.69) is 8.37 Å². The van der Waals surface area contributed by atoms with Crippen LogP contribution in [0.5, 0.6) is 0 Å². The Morgan fingerprint density at radius 3 is 1.00 bits per heavy atom. The summed E-state index contributed by atoms with van der Waals surface area (Å²) in [6, 6.07) is 0. The highest BCUT2D eigenvalue weighted by atomic mass is 32.2. The highest BCUT2D eigenvalue weighted by Crippen LogP contribution is 2.38. The van der Waals surface area contributed by atoms with E-state index in [9.17, 15) is 43.2 Å². The Morgan fingerprint density at radius 1 is 0.625 bits per heavy atom. The van der Waals surface area contributed by atoms with Crippen molar-refractivity contribution in [1.82, 2.24) is 0 Å². The van der Waals surface area contributed by atoms with Crippen LogP contribution in [0.4, 0.5) is 26.3 Å². The van der Waals surface area contributed by atoms with Gasteiger partial charge in [0.15, 0.2) is 9.49 Å². The number of rotatable bonds is 7. The Morgan fingerprint density at radius 2 is 0.833 bits per heavy atom. The van der Waals surface area contributed by atoms with E-state index < -0.39 is 55.3 Å². The van der Waals surface area contributed by atoms with Crippen LogP contribution in [0.1, 0.15) is 27.7 Å². The number of halogens is 6. The lowest BCUT2D eigenvalue weighted by Gasteiger charge is -2.27. The number of hydrogen-bond acceptors (Lipinski definition) is 6. The molecular formula is C10H16F6O6S2. The van der Waals surface area contributed by atoms with Gasteiger partial charge in [-0.1, -0.05) is 0 Å². The Labute approximate surface area is 135 Å². The third-order valence-electron chi connectivity index (χ3n) is 3.18. The summed E-state index contributed by atoms with van der Waals surface area (Å²) in [6.45, 7) is -1.18. The van der Waals surface area contributed by atoms with Crippen LogP contribution in [0, 0.1) is 0 Å². The van der Waals surface area contributed by atoms with Gasteiger partial charge in [0.25, 0.3) is 20.2 Å². The molecule has 0 rings (SSSR count). The monoisotopic (exact) mass is 410 g/mol. The molecule has 0 aliphatic rings. The van der Waals surface area contributed by atoms with Crippen molar-refractivity contribution in [2.24, 2.45) is 0 Å². The zero-order chi connectivity index (χ0) is 19.8. The normalized spacial score (nSPS) is 15.6. The van der Waals surface area contributed by atoms with Crippen LogP contribution >= 0.6 is 0 Å². The molecule has 0 unspecified atom stereocenters. The topological polar surface area (TPSA) is 86.7 Å². The first-order valence-electron chi connectivity index (χ1n) is 6.12. The fourth-order valence-electron chi connectivity index (χ4n) is 0.866. The maximum Gasteiger partial charge on any atom is 0.409 e. The first-order valence-corrected chi connectivity index (χ1v) is 8.94. The van der Waals surface area contributed by atoms with Crippen molar-refractivity contribution < 1.29 is 51.5 Å². The van der Waals surface area contributed by atoms with Crippen LogP contribution in [0.25, 0.3) is 0 Å². The Balaban J connectivity index is 4.94. The Hall–Kier alpha value is -0.600. The SMILES string of the molecule is CC(C)(C(F)(F)F)S(=O)(=O)OCCOS(=O)(=O)C(C)(C)C(F)(F)F. The van der Waals surface area contributed by atoms with Crippen molar-refractivity contribution in [1.29, 1.82) is 0 Å². The number of alkyl halides is 6. The summed E-state index contributed by atoms with van der Waals surface area (Å²) >= 11 is 0. The molecule has 0 saturated carbocycles. The lowest BCUT2D eigenvalue weighted by atomic mass is 10.2. The molecule has 0 aromatic heterocycles. The predicted molar refractivity (Wildman–Crippen MR) is 70.0 cm³/mol. The lowest BCUT2D eigenvalue weighted by molar-refractivity contribution is -0.156. The standard InChI is InChI=1S/C10H16F6O6S2/c1-7(2,9(11,12)13)23(17,18)21-5-6-22-24(19,20)8(3,4)10(14,15)16/h5-6H2,1-4H3. The molecule has 0 radical (unpaired) electrons. The van der Waals surface area contributed by atoms with Crippen LogP contribution < -0.4 is 0 Å². The van der Waals surface area contributed by atoms with E-state index in [1.807, 2.05) is 0 Å². The van der Waals surface area contributed by atoms with Gasteiger partial charge in [-0.25, -0.2) is 0 Å². The van der Waals surface area contributed by atoms with Gasteiger partial charge in [0.05, 0.1) is 13.2 Å². The van der Waals surface area contributed by atoms with Crippen molar-refractivity contribution in [2.45, 2.75) is 49.5 Å². The molecule has 146 valence electrons. The molecule has 0 spiro atoms. The minimum absolute atomic E-state index is 0.312. The van der Waals surface area contributed by atoms with Crippen LogP contribution in [-0.2, 0) is 28.6 Å². The Kier molecular flexibility index (Phi) is 6.44. The zero-order valence-electron chi connectivity index (χ0n) is 12.9. The minimum atomic E-state index is -5.22. The van der Waals surface area contributed by atoms with Crippen molar-refractivity contribution in [2.75, 3.05) is 13.2 Å². The molecule has 0 fully saturated rings. The highest BCUT2D eigenvalue weighted by molar-refractivity contribution is 7.88. The molecule has 0 atom stereocenters. The molecule has 0 aliphatic heterocycles. The van der Waals surface area contributed by atoms with E-state index in [4.69, 9.17) is 0 Å². The van der Waals surface area contributed by atoms with Crippen LogP contribution in [0.15, 0.2) is 0 Å². The molecule has 6 nitrogen and oxygen atoms in total. The third kappa shape index (κ3) is 4.52. The summed E-state index contributed by atoms with van der Waals surface area (Å²) < 4.78 is 123. The van der Waals surface area contributed by atoms with E-state index >= 15 is 0 Å². The molecular weight excluding hydrogens is 394 g/mol. The van der Waals surface area contributed by atoms with E-state index in [-0.39, 0.29) is 0 Å². The molecule has 0 N–H and O–H groups in total. The van der Waals surface area contributed by atoms with Gasteiger partial charge in [-0.2, -0.15) is 43.2 Å². The summed E-state index contributed by atoms with van der Waals surface area (Å²) in [5.74, 6) is 0. The molecule has 24 heavy (non-hydrogen) atoms. The first kappa shape index (κ1) is 23.4. The second-order valence-corrected chi connectivity index (χ2v) is 9.90. The molecule has 0 aromatic carbocycles. The molecule has 0 aliphatic carbocycles. The maximum atomic E-state index is 12.6. The second-order valence-electron chi connectivity index (χ2n) is 5.57. The molecule has 0 aromatic rings. The summed E-state index contributed by atoms with van der Waals surface area (Å²) in [7, 11) is -10.4. The fraction of sp³-hybridized carbons (Fsp3) is 1.00. The zero-order valence-corrected chi connectivity index (χ0v) is 14.6. The fourth-order valence-corrected chi connectivity index (χ4v) is 2.60. The average molecular weight is 410 g/mol. The van der Waals surface area contributed by atoms with Gasteiger partial charge in [0.2, 0.25) is 0 Å². The van der Waals surface area contributed by atoms with Gasteiger partial charge in [-0.05, 0) is 27.7 Å². The predicted octanol–water partition coefficient (Wildman–Crippen LogP) is 2.36. The maximum absolute atomic E-state index is 12.6. The van der Waals surface area contributed by atoms with Crippen LogP contribution in [0.2, 0.25) is 0 Å². The van der Waals surface area contributed by atoms with Gasteiger partial charge < -0.3 is 0 Å². The summed E-state index contributed by atoms with van der Waals surface area (Å²) in [6.07, 6.45) is -10.4. The average Bonchev–Trinajstić information content (AvgIpc) is 2.31. The molecule has 0 saturated heterocycles. The van der Waals surface area contributed by atoms with Crippen molar-refractivity contribution in [3.05, 3.63) is 0 Å². The van der Waals surface area contributed by atoms with Gasteiger partial charge >= 0.3 is 12.4 Å². The van der Waals surface area contributed by atoms with Crippen molar-refractivity contribution in [3.63, 3.8) is 0 Å². The van der Waals surface area contributed by atoms with E-state index in [0.717, 1.165) is 0 Å². The van der Waals surface area contributed by atoms with Gasteiger partial charge in [-0.3, -0.25) is 8.37 Å². The molecule has 0 heterocycles. The van der Waals surface area contributed by atoms with Crippen LogP contribution in [0.3, 0.4) is 0 Å². The van der Waals surface area contributed by atoms with E-state index in [1.54, 1.807) is 0 Å². The highest BCUT2D eigenvalue weighted by Gasteiger charge is 2.59. The van der Waals surface area contributed by atoms with Gasteiger partial charge in [-0.15, -0.1) is 0 Å². The number of hydrogen-bond donors (Lipinski definition) is 0. The summed E-state index contributed by atoms with van der Waals surface area (Å²) in [5.41, 5.74) is 0. The third-order valence-corrected chi connectivity index (χ3v) is 7.09. The lowest BCUT2D eigenvalue weighted by Crippen LogP contribution is -2.48. The minimum Gasteiger partial charge on any atom is -0.267 e. The molecule has 14 heteroatoms. The summed E-state index contributed by atoms with van der Waals surface area (Å²) in [4.78, 5) is 0. The quantitative estimate of drug-likeness (QED) is 0.364. The second kappa shape index (κ2) is 6.61. The first-order chi connectivity index (χ1) is 10.2. The van der Waals surface area contributed by atoms with Gasteiger partial charge in [0.1, 0.15) is 0 Å². The van der Waals surface area contributed by atoms with E-state index in [1.165, 1.54) is 0 Å². The van der Waals surface area contributed by atoms with Crippen molar-refractivity contribution >= 4 is 20.2 Å². The molecule has 0 bridgehead atoms.